The zero-order valence-electron chi connectivity index (χ0n) is 17.6. The molecule has 8 heteroatoms. The Hall–Kier alpha value is -2.48. The first-order valence-electron chi connectivity index (χ1n) is 9.60. The number of hydrogen-bond donors (Lipinski definition) is 2. The number of rotatable bonds is 5. The van der Waals surface area contributed by atoms with Gasteiger partial charge in [-0.05, 0) is 61.9 Å². The molecule has 0 aliphatic heterocycles. The van der Waals surface area contributed by atoms with E-state index in [1.807, 2.05) is 0 Å². The van der Waals surface area contributed by atoms with E-state index in [0.29, 0.717) is 33.7 Å². The fourth-order valence-corrected chi connectivity index (χ4v) is 4.17. The number of nitrogens with one attached hydrogen (secondary N) is 1. The summed E-state index contributed by atoms with van der Waals surface area (Å²) in [7, 11) is 0. The van der Waals surface area contributed by atoms with Gasteiger partial charge in [0, 0.05) is 17.5 Å². The lowest BCUT2D eigenvalue weighted by atomic mass is 9.72. The zero-order valence-corrected chi connectivity index (χ0v) is 17.6. The van der Waals surface area contributed by atoms with Gasteiger partial charge in [0.2, 0.25) is 0 Å². The van der Waals surface area contributed by atoms with Gasteiger partial charge in [0.25, 0.3) is 0 Å². The highest BCUT2D eigenvalue weighted by Gasteiger charge is 2.56. The predicted octanol–water partition coefficient (Wildman–Crippen LogP) is 5.23. The molecule has 162 valence electrons. The van der Waals surface area contributed by atoms with Crippen molar-refractivity contribution in [2.24, 2.45) is 0 Å². The van der Waals surface area contributed by atoms with E-state index in [1.54, 1.807) is 40.7 Å². The van der Waals surface area contributed by atoms with Crippen molar-refractivity contribution < 1.29 is 22.7 Å². The number of aromatic amines is 1. The first kappa shape index (κ1) is 22.2. The zero-order chi connectivity index (χ0) is 22.5. The summed E-state index contributed by atoms with van der Waals surface area (Å²) in [5.74, 6) is -0.0264. The Bertz CT molecular complexity index is 1090. The fraction of sp³-hybridized carbons (Fsp3) is 0.455. The average molecular weight is 423 g/mol. The molecule has 0 aliphatic carbocycles. The number of aryl methyl sites for hydroxylation is 3. The highest BCUT2D eigenvalue weighted by molar-refractivity contribution is 5.79. The van der Waals surface area contributed by atoms with E-state index in [1.165, 1.54) is 18.2 Å². The van der Waals surface area contributed by atoms with Gasteiger partial charge < -0.3 is 10.1 Å². The second-order valence-electron chi connectivity index (χ2n) is 8.64. The molecule has 3 aromatic rings. The third-order valence-corrected chi connectivity index (χ3v) is 5.52. The molecular formula is C22H25F4N3O. The Balaban J connectivity index is 2.01. The molecule has 0 amide bonds. The monoisotopic (exact) mass is 423 g/mol. The molecule has 0 bridgehead atoms. The Morgan fingerprint density at radius 2 is 1.70 bits per heavy atom. The molecule has 4 nitrogen and oxygen atoms in total. The maximum absolute atomic E-state index is 14.0. The minimum absolute atomic E-state index is 0.208. The van der Waals surface area contributed by atoms with Gasteiger partial charge in [-0.2, -0.15) is 13.2 Å². The highest BCUT2D eigenvalue weighted by atomic mass is 19.4. The molecule has 0 aliphatic rings. The molecule has 0 fully saturated rings. The van der Waals surface area contributed by atoms with E-state index in [0.717, 1.165) is 0 Å². The summed E-state index contributed by atoms with van der Waals surface area (Å²) in [6, 6.07) is 5.57. The molecule has 2 heterocycles. The Labute approximate surface area is 172 Å². The van der Waals surface area contributed by atoms with E-state index in [4.69, 9.17) is 0 Å². The number of hydrogen-bond acceptors (Lipinski definition) is 3. The van der Waals surface area contributed by atoms with Crippen LogP contribution in [0.4, 0.5) is 17.6 Å². The van der Waals surface area contributed by atoms with Crippen LogP contribution < -0.4 is 0 Å². The summed E-state index contributed by atoms with van der Waals surface area (Å²) in [5.41, 5.74) is -1.77. The van der Waals surface area contributed by atoms with Crippen LogP contribution in [0.3, 0.4) is 0 Å². The van der Waals surface area contributed by atoms with Crippen molar-refractivity contribution in [3.05, 3.63) is 58.4 Å². The standard InChI is InChI=1S/C22H25F4N3O/c1-12-6-7-15(23)8-18(12)20(4,5)11-21(30,22(24,25)26)10-16-9-17-13(2)27-14(3)28-19(17)29-16/h6-9,30H,10-11H2,1-5H3,(H,27,28,29). The molecule has 1 atom stereocenters. The molecule has 0 saturated carbocycles. The number of H-pyrrole nitrogens is 1. The van der Waals surface area contributed by atoms with Crippen LogP contribution in [0.5, 0.6) is 0 Å². The summed E-state index contributed by atoms with van der Waals surface area (Å²) in [5, 5.41) is 11.4. The van der Waals surface area contributed by atoms with Gasteiger partial charge in [-0.3, -0.25) is 0 Å². The predicted molar refractivity (Wildman–Crippen MR) is 107 cm³/mol. The fourth-order valence-electron chi connectivity index (χ4n) is 4.17. The minimum Gasteiger partial charge on any atom is -0.380 e. The van der Waals surface area contributed by atoms with Gasteiger partial charge in [-0.25, -0.2) is 14.4 Å². The minimum atomic E-state index is -4.89. The molecule has 30 heavy (non-hydrogen) atoms. The third-order valence-electron chi connectivity index (χ3n) is 5.52. The van der Waals surface area contributed by atoms with Gasteiger partial charge in [0.05, 0.1) is 5.69 Å². The number of nitrogens with zero attached hydrogens (tertiary/aromatic N) is 2. The maximum atomic E-state index is 14.0. The summed E-state index contributed by atoms with van der Waals surface area (Å²) in [4.78, 5) is 11.3. The highest BCUT2D eigenvalue weighted by Crippen LogP contribution is 2.44. The first-order valence-corrected chi connectivity index (χ1v) is 9.60. The first-order chi connectivity index (χ1) is 13.7. The van der Waals surface area contributed by atoms with Gasteiger partial charge >= 0.3 is 6.18 Å². The van der Waals surface area contributed by atoms with Crippen molar-refractivity contribution in [1.29, 1.82) is 0 Å². The average Bonchev–Trinajstić information content (AvgIpc) is 2.97. The molecule has 2 N–H and O–H groups in total. The topological polar surface area (TPSA) is 61.8 Å². The molecule has 0 saturated heterocycles. The quantitative estimate of drug-likeness (QED) is 0.553. The van der Waals surface area contributed by atoms with Gasteiger partial charge in [-0.1, -0.05) is 19.9 Å². The molecule has 1 aromatic carbocycles. The Kier molecular flexibility index (Phi) is 5.43. The van der Waals surface area contributed by atoms with Crippen LogP contribution in [0.15, 0.2) is 24.3 Å². The lowest BCUT2D eigenvalue weighted by Crippen LogP contribution is -2.51. The van der Waals surface area contributed by atoms with Crippen molar-refractivity contribution in [2.45, 2.75) is 64.7 Å². The van der Waals surface area contributed by atoms with Crippen LogP contribution in [-0.4, -0.2) is 31.8 Å². The van der Waals surface area contributed by atoms with E-state index in [-0.39, 0.29) is 5.69 Å². The number of aliphatic hydroxyl groups is 1. The smallest absolute Gasteiger partial charge is 0.380 e. The van der Waals surface area contributed by atoms with Crippen LogP contribution in [-0.2, 0) is 11.8 Å². The van der Waals surface area contributed by atoms with Crippen molar-refractivity contribution in [3.8, 4) is 0 Å². The normalized spacial score (nSPS) is 14.9. The Morgan fingerprint density at radius 3 is 2.33 bits per heavy atom. The molecule has 1 unspecified atom stereocenters. The maximum Gasteiger partial charge on any atom is 0.417 e. The summed E-state index contributed by atoms with van der Waals surface area (Å²) in [6.45, 7) is 8.32. The number of fused-ring (bicyclic) bond motifs is 1. The van der Waals surface area contributed by atoms with E-state index in [9.17, 15) is 22.7 Å². The molecule has 0 spiro atoms. The van der Waals surface area contributed by atoms with Crippen molar-refractivity contribution in [1.82, 2.24) is 15.0 Å². The van der Waals surface area contributed by atoms with Gasteiger partial charge in [-0.15, -0.1) is 0 Å². The summed E-state index contributed by atoms with van der Waals surface area (Å²) in [6.07, 6.45) is -6.20. The number of alkyl halides is 3. The molecular weight excluding hydrogens is 398 g/mol. The van der Waals surface area contributed by atoms with Crippen LogP contribution in [0.25, 0.3) is 11.0 Å². The lowest BCUT2D eigenvalue weighted by Gasteiger charge is -2.38. The summed E-state index contributed by atoms with van der Waals surface area (Å²) >= 11 is 0. The van der Waals surface area contributed by atoms with Gasteiger partial charge in [0.15, 0.2) is 5.60 Å². The molecule has 2 aromatic heterocycles. The van der Waals surface area contributed by atoms with Crippen LogP contribution in [0.2, 0.25) is 0 Å². The van der Waals surface area contributed by atoms with Crippen LogP contribution in [0.1, 0.15) is 48.6 Å². The number of benzene rings is 1. The van der Waals surface area contributed by atoms with E-state index in [2.05, 4.69) is 15.0 Å². The lowest BCUT2D eigenvalue weighted by molar-refractivity contribution is -0.266. The Morgan fingerprint density at radius 1 is 1.03 bits per heavy atom. The third kappa shape index (κ3) is 4.19. The van der Waals surface area contributed by atoms with Crippen molar-refractivity contribution in [3.63, 3.8) is 0 Å². The second kappa shape index (κ2) is 7.34. The van der Waals surface area contributed by atoms with E-state index < -0.39 is 35.9 Å². The SMILES string of the molecule is Cc1nc(C)c2cc(CC(O)(CC(C)(C)c3cc(F)ccc3C)C(F)(F)F)[nH]c2n1. The number of aromatic nitrogens is 3. The second-order valence-corrected chi connectivity index (χ2v) is 8.64. The van der Waals surface area contributed by atoms with E-state index >= 15 is 0 Å². The molecule has 0 radical (unpaired) electrons. The van der Waals surface area contributed by atoms with Crippen LogP contribution >= 0.6 is 0 Å². The molecule has 3 rings (SSSR count). The van der Waals surface area contributed by atoms with Crippen molar-refractivity contribution in [2.75, 3.05) is 0 Å². The van der Waals surface area contributed by atoms with Crippen molar-refractivity contribution >= 4 is 11.0 Å². The number of halogens is 4. The van der Waals surface area contributed by atoms with Crippen LogP contribution in [0, 0.1) is 26.6 Å². The largest absolute Gasteiger partial charge is 0.417 e. The summed E-state index contributed by atoms with van der Waals surface area (Å²) < 4.78 is 55.9. The van der Waals surface area contributed by atoms with Gasteiger partial charge in [0.1, 0.15) is 17.3 Å².